The van der Waals surface area contributed by atoms with Gasteiger partial charge in [0, 0.05) is 24.1 Å². The number of non-ortho nitro benzene ring substituents is 1. The Labute approximate surface area is 212 Å². The predicted molar refractivity (Wildman–Crippen MR) is 141 cm³/mol. The highest BCUT2D eigenvalue weighted by atomic mass is 16.6. The van der Waals surface area contributed by atoms with Gasteiger partial charge in [-0.1, -0.05) is 38.7 Å². The molecular weight excluding hydrogens is 454 g/mol. The Morgan fingerprint density at radius 1 is 1.06 bits per heavy atom. The van der Waals surface area contributed by atoms with Gasteiger partial charge in [0.15, 0.2) is 5.78 Å². The van der Waals surface area contributed by atoms with Crippen molar-refractivity contribution < 1.29 is 19.6 Å². The van der Waals surface area contributed by atoms with E-state index in [2.05, 4.69) is 11.8 Å². The van der Waals surface area contributed by atoms with Crippen molar-refractivity contribution in [2.75, 3.05) is 6.61 Å². The molecule has 0 aliphatic heterocycles. The highest BCUT2D eigenvalue weighted by molar-refractivity contribution is 5.79. The van der Waals surface area contributed by atoms with E-state index >= 15 is 0 Å². The molecule has 6 heteroatoms. The normalized spacial score (nSPS) is 10.6. The molecule has 0 heterocycles. The predicted octanol–water partition coefficient (Wildman–Crippen LogP) is 6.39. The summed E-state index contributed by atoms with van der Waals surface area (Å²) < 4.78 is 5.67. The molecule has 36 heavy (non-hydrogen) atoms. The summed E-state index contributed by atoms with van der Waals surface area (Å²) in [6, 6.07) is 13.8. The second-order valence-electron chi connectivity index (χ2n) is 9.18. The van der Waals surface area contributed by atoms with Crippen molar-refractivity contribution >= 4 is 11.5 Å². The number of nitrogens with zero attached hydrogens (tertiary/aromatic N) is 1. The maximum Gasteiger partial charge on any atom is 0.269 e. The summed E-state index contributed by atoms with van der Waals surface area (Å²) in [5.41, 5.74) is 6.26. The molecule has 0 saturated heterocycles. The number of carbonyl (C=O) groups is 1. The van der Waals surface area contributed by atoms with E-state index in [1.54, 1.807) is 12.1 Å². The molecule has 0 saturated carbocycles. The minimum absolute atomic E-state index is 0.00612. The molecule has 186 valence electrons. The fourth-order valence-corrected chi connectivity index (χ4v) is 3.95. The zero-order chi connectivity index (χ0) is 26.4. The lowest BCUT2D eigenvalue weighted by Crippen LogP contribution is -2.10. The Bertz CT molecular complexity index is 1320. The largest absolute Gasteiger partial charge is 0.506 e. The van der Waals surface area contributed by atoms with Gasteiger partial charge in [0.25, 0.3) is 5.69 Å². The molecule has 0 fully saturated rings. The fraction of sp³-hybridized carbons (Fsp3) is 0.300. The molecule has 0 amide bonds. The lowest BCUT2D eigenvalue weighted by Gasteiger charge is -2.16. The lowest BCUT2D eigenvalue weighted by molar-refractivity contribution is -0.384. The van der Waals surface area contributed by atoms with Crippen LogP contribution in [0.2, 0.25) is 0 Å². The molecule has 3 aromatic rings. The van der Waals surface area contributed by atoms with E-state index in [1.165, 1.54) is 12.1 Å². The number of aromatic hydroxyl groups is 1. The third-order valence-corrected chi connectivity index (χ3v) is 6.09. The first-order valence-corrected chi connectivity index (χ1v) is 12.0. The van der Waals surface area contributed by atoms with Gasteiger partial charge in [-0.25, -0.2) is 0 Å². The van der Waals surface area contributed by atoms with Crippen LogP contribution in [0.25, 0.3) is 0 Å². The van der Waals surface area contributed by atoms with E-state index in [1.807, 2.05) is 58.9 Å². The average Bonchev–Trinajstić information content (AvgIpc) is 2.84. The highest BCUT2D eigenvalue weighted by Gasteiger charge is 2.15. The first-order valence-electron chi connectivity index (χ1n) is 12.0. The van der Waals surface area contributed by atoms with Gasteiger partial charge in [0.05, 0.1) is 10.5 Å². The number of carbonyl (C=O) groups excluding carboxylic acids is 1. The van der Waals surface area contributed by atoms with E-state index in [-0.39, 0.29) is 29.7 Å². The van der Waals surface area contributed by atoms with Crippen LogP contribution in [0.1, 0.15) is 72.1 Å². The van der Waals surface area contributed by atoms with Gasteiger partial charge in [0.2, 0.25) is 0 Å². The van der Waals surface area contributed by atoms with Gasteiger partial charge in [0.1, 0.15) is 18.1 Å². The zero-order valence-electron chi connectivity index (χ0n) is 21.3. The summed E-state index contributed by atoms with van der Waals surface area (Å²) in [5, 5.41) is 21.8. The molecule has 0 atom stereocenters. The summed E-state index contributed by atoms with van der Waals surface area (Å²) in [5.74, 6) is 7.04. The Morgan fingerprint density at radius 2 is 1.69 bits per heavy atom. The summed E-state index contributed by atoms with van der Waals surface area (Å²) in [6.45, 7) is 9.98. The van der Waals surface area contributed by atoms with Gasteiger partial charge in [-0.3, -0.25) is 14.9 Å². The van der Waals surface area contributed by atoms with Crippen molar-refractivity contribution in [2.45, 2.75) is 53.4 Å². The highest BCUT2D eigenvalue weighted by Crippen LogP contribution is 2.32. The number of Topliss-reactive ketones (excluding diaryl/α,β-unsaturated/α-hetero) is 1. The number of nitro benzene ring substituents is 1. The molecule has 0 aliphatic rings. The van der Waals surface area contributed by atoms with Crippen molar-refractivity contribution in [3.8, 4) is 23.3 Å². The molecule has 3 aromatic carbocycles. The van der Waals surface area contributed by atoms with E-state index in [0.29, 0.717) is 29.7 Å². The first-order chi connectivity index (χ1) is 17.1. The minimum atomic E-state index is -0.450. The lowest BCUT2D eigenvalue weighted by atomic mass is 9.91. The van der Waals surface area contributed by atoms with Crippen LogP contribution in [-0.4, -0.2) is 22.4 Å². The molecule has 1 N–H and O–H groups in total. The van der Waals surface area contributed by atoms with E-state index in [9.17, 15) is 20.0 Å². The Balaban J connectivity index is 1.93. The monoisotopic (exact) mass is 485 g/mol. The number of nitro groups is 1. The Hall–Kier alpha value is -4.11. The molecule has 0 aliphatic carbocycles. The van der Waals surface area contributed by atoms with Gasteiger partial charge < -0.3 is 9.84 Å². The number of ether oxygens (including phenoxy) is 1. The number of hydrogen-bond donors (Lipinski definition) is 1. The number of hydrogen-bond acceptors (Lipinski definition) is 5. The molecule has 3 rings (SSSR count). The van der Waals surface area contributed by atoms with Crippen LogP contribution in [0.3, 0.4) is 0 Å². The second kappa shape index (κ2) is 11.5. The van der Waals surface area contributed by atoms with Crippen LogP contribution in [0, 0.1) is 35.8 Å². The Kier molecular flexibility index (Phi) is 8.50. The summed E-state index contributed by atoms with van der Waals surface area (Å²) in [6.07, 6.45) is 1.10. The smallest absolute Gasteiger partial charge is 0.269 e. The number of rotatable bonds is 8. The van der Waals surface area contributed by atoms with E-state index in [4.69, 9.17) is 4.74 Å². The number of aryl methyl sites for hydroxylation is 2. The molecule has 0 unspecified atom stereocenters. The van der Waals surface area contributed by atoms with Crippen LogP contribution < -0.4 is 4.74 Å². The van der Waals surface area contributed by atoms with Crippen LogP contribution in [0.5, 0.6) is 11.5 Å². The maximum absolute atomic E-state index is 11.6. The minimum Gasteiger partial charge on any atom is -0.506 e. The third-order valence-electron chi connectivity index (χ3n) is 6.09. The third kappa shape index (κ3) is 6.51. The molecule has 0 radical (unpaired) electrons. The van der Waals surface area contributed by atoms with E-state index < -0.39 is 4.92 Å². The number of phenols is 1. The SMILES string of the molecule is CCC(=O)COc1cc(C)c(Cc2cc(C#Cc3ccc([N+](=O)[O-])cc3)c(O)c(C(C)C)c2)c(C)c1. The van der Waals surface area contributed by atoms with Gasteiger partial charge in [-0.05, 0) is 84.3 Å². The average molecular weight is 486 g/mol. The van der Waals surface area contributed by atoms with Crippen molar-refractivity contribution in [1.29, 1.82) is 0 Å². The topological polar surface area (TPSA) is 89.7 Å². The van der Waals surface area contributed by atoms with Gasteiger partial charge >= 0.3 is 0 Å². The number of phenolic OH excluding ortho intramolecular Hbond substituents is 1. The zero-order valence-corrected chi connectivity index (χ0v) is 21.3. The van der Waals surface area contributed by atoms with Crippen molar-refractivity contribution in [3.63, 3.8) is 0 Å². The number of ketones is 1. The molecule has 0 aromatic heterocycles. The standard InChI is InChI=1S/C30H31NO5/c1-6-26(32)18-36-27-13-20(4)29(21(5)14-27)17-23-15-24(30(33)28(16-23)19(2)3)10-7-22-8-11-25(12-9-22)31(34)35/h8-9,11-16,19,33H,6,17-18H2,1-5H3. The summed E-state index contributed by atoms with van der Waals surface area (Å²) in [7, 11) is 0. The Morgan fingerprint density at radius 3 is 2.25 bits per heavy atom. The van der Waals surface area contributed by atoms with Crippen LogP contribution in [0.15, 0.2) is 48.5 Å². The van der Waals surface area contributed by atoms with Gasteiger partial charge in [-0.2, -0.15) is 0 Å². The molecular formula is C30H31NO5. The molecule has 0 spiro atoms. The maximum atomic E-state index is 11.6. The summed E-state index contributed by atoms with van der Waals surface area (Å²) in [4.78, 5) is 22.0. The van der Waals surface area contributed by atoms with Crippen molar-refractivity contribution in [1.82, 2.24) is 0 Å². The van der Waals surface area contributed by atoms with Crippen LogP contribution in [-0.2, 0) is 11.2 Å². The first kappa shape index (κ1) is 26.5. The van der Waals surface area contributed by atoms with Crippen molar-refractivity contribution in [2.24, 2.45) is 0 Å². The summed E-state index contributed by atoms with van der Waals surface area (Å²) >= 11 is 0. The van der Waals surface area contributed by atoms with E-state index in [0.717, 1.165) is 27.8 Å². The van der Waals surface area contributed by atoms with Crippen LogP contribution >= 0.6 is 0 Å². The second-order valence-corrected chi connectivity index (χ2v) is 9.18. The molecule has 0 bridgehead atoms. The quantitative estimate of drug-likeness (QED) is 0.227. The van der Waals surface area contributed by atoms with Crippen LogP contribution in [0.4, 0.5) is 5.69 Å². The molecule has 6 nitrogen and oxygen atoms in total. The number of benzene rings is 3. The van der Waals surface area contributed by atoms with Gasteiger partial charge in [-0.15, -0.1) is 0 Å². The van der Waals surface area contributed by atoms with Crippen molar-refractivity contribution in [3.05, 3.63) is 97.6 Å². The fourth-order valence-electron chi connectivity index (χ4n) is 3.95.